The monoisotopic (exact) mass is 606 g/mol. The fourth-order valence-electron chi connectivity index (χ4n) is 6.41. The summed E-state index contributed by atoms with van der Waals surface area (Å²) in [6.45, 7) is 3.07. The zero-order valence-electron chi connectivity index (χ0n) is 25.8. The van der Waals surface area contributed by atoms with Gasteiger partial charge in [-0.05, 0) is 71.5 Å². The highest BCUT2D eigenvalue weighted by atomic mass is 16.7. The zero-order valence-corrected chi connectivity index (χ0v) is 25.8. The van der Waals surface area contributed by atoms with Crippen molar-refractivity contribution < 1.29 is 24.1 Å². The number of likely N-dealkylation sites (tertiary alicyclic amines) is 1. The topological polar surface area (TPSA) is 80.3 Å². The maximum Gasteiger partial charge on any atom is 0.251 e. The molecule has 2 heterocycles. The molecule has 0 aromatic heterocycles. The lowest BCUT2D eigenvalue weighted by atomic mass is 9.98. The Balaban J connectivity index is 1.20. The second kappa shape index (κ2) is 15.0. The number of rotatable bonds is 11. The summed E-state index contributed by atoms with van der Waals surface area (Å²) in [4.78, 5) is 15.1. The van der Waals surface area contributed by atoms with Gasteiger partial charge >= 0.3 is 0 Å². The average molecular weight is 607 g/mol. The Hall–Kier alpha value is -3.85. The molecule has 2 fully saturated rings. The largest absolute Gasteiger partial charge is 0.392 e. The smallest absolute Gasteiger partial charge is 0.251 e. The minimum Gasteiger partial charge on any atom is -0.392 e. The number of nitrogens with one attached hydrogen (secondary N) is 1. The number of hydrogen-bond donors (Lipinski definition) is 2. The summed E-state index contributed by atoms with van der Waals surface area (Å²) in [5.74, 6) is -0.0906. The Kier molecular flexibility index (Phi) is 10.4. The highest BCUT2D eigenvalue weighted by Crippen LogP contribution is 2.39. The Morgan fingerprint density at radius 2 is 1.67 bits per heavy atom. The third kappa shape index (κ3) is 7.87. The number of amides is 1. The number of aliphatic hydroxyl groups excluding tert-OH is 1. The summed E-state index contributed by atoms with van der Waals surface area (Å²) in [5.41, 5.74) is 6.72. The maximum absolute atomic E-state index is 12.6. The van der Waals surface area contributed by atoms with Crippen LogP contribution < -0.4 is 5.32 Å². The first-order valence-corrected chi connectivity index (χ1v) is 15.9. The molecule has 0 saturated carbocycles. The van der Waals surface area contributed by atoms with Crippen molar-refractivity contribution in [2.24, 2.45) is 0 Å². The van der Waals surface area contributed by atoms with E-state index in [1.165, 1.54) is 6.42 Å². The molecule has 4 atom stereocenters. The van der Waals surface area contributed by atoms with Gasteiger partial charge in [0.15, 0.2) is 6.29 Å². The third-order valence-electron chi connectivity index (χ3n) is 8.82. The van der Waals surface area contributed by atoms with Gasteiger partial charge in [0.1, 0.15) is 0 Å². The molecule has 0 aliphatic carbocycles. The second-order valence-corrected chi connectivity index (χ2v) is 12.0. The molecule has 2 saturated heterocycles. The Labute approximate surface area is 265 Å². The summed E-state index contributed by atoms with van der Waals surface area (Å²) >= 11 is 0. The number of ether oxygens (including phenoxy) is 3. The van der Waals surface area contributed by atoms with E-state index in [9.17, 15) is 9.90 Å². The molecule has 0 unspecified atom stereocenters. The number of carbonyl (C=O) groups excluding carboxylic acids is 1. The number of benzene rings is 4. The molecule has 0 radical (unpaired) electrons. The van der Waals surface area contributed by atoms with Crippen molar-refractivity contribution in [3.8, 4) is 11.1 Å². The summed E-state index contributed by atoms with van der Waals surface area (Å²) in [5, 5.41) is 12.6. The molecule has 2 aliphatic heterocycles. The van der Waals surface area contributed by atoms with Crippen LogP contribution >= 0.6 is 0 Å². The molecule has 45 heavy (non-hydrogen) atoms. The maximum atomic E-state index is 12.6. The number of carbonyl (C=O) groups is 1. The van der Waals surface area contributed by atoms with Gasteiger partial charge in [-0.3, -0.25) is 9.69 Å². The van der Waals surface area contributed by atoms with Gasteiger partial charge < -0.3 is 24.6 Å². The predicted molar refractivity (Wildman–Crippen MR) is 174 cm³/mol. The van der Waals surface area contributed by atoms with Crippen LogP contribution in [0.5, 0.6) is 0 Å². The average Bonchev–Trinajstić information content (AvgIpc) is 3.54. The molecule has 4 aromatic rings. The molecule has 2 N–H and O–H groups in total. The van der Waals surface area contributed by atoms with Crippen LogP contribution in [0, 0.1) is 0 Å². The van der Waals surface area contributed by atoms with Crippen LogP contribution in [0.15, 0.2) is 103 Å². The fraction of sp³-hybridized carbons (Fsp3) is 0.342. The molecular formula is C38H42N2O5. The van der Waals surface area contributed by atoms with E-state index < -0.39 is 6.29 Å². The minimum absolute atomic E-state index is 0.0102. The molecular weight excluding hydrogens is 564 g/mol. The van der Waals surface area contributed by atoms with E-state index in [-0.39, 0.29) is 24.7 Å². The molecule has 234 valence electrons. The molecule has 0 spiro atoms. The third-order valence-corrected chi connectivity index (χ3v) is 8.82. The standard InChI is InChI=1S/C38H42N2O5/c1-43-26-34-14-7-19-40(34)24-35-22-36(29-17-15-27(25-41)16-18-29)45-38(44-35)33-13-6-12-32(21-33)31-11-5-8-28(20-31)23-39-37(42)30-9-3-2-4-10-30/h2-6,8-13,15-18,20-21,34-36,38,41H,7,14,19,22-26H2,1H3,(H,39,42)/t34-,35-,36+,38+/m0/s1. The van der Waals surface area contributed by atoms with Crippen molar-refractivity contribution >= 4 is 5.91 Å². The molecule has 2 aliphatic rings. The normalized spacial score (nSPS) is 21.9. The van der Waals surface area contributed by atoms with E-state index in [1.54, 1.807) is 7.11 Å². The van der Waals surface area contributed by atoms with Gasteiger partial charge in [0.25, 0.3) is 5.91 Å². The van der Waals surface area contributed by atoms with Gasteiger partial charge in [0.2, 0.25) is 0 Å². The van der Waals surface area contributed by atoms with Crippen molar-refractivity contribution in [1.82, 2.24) is 10.2 Å². The van der Waals surface area contributed by atoms with Crippen LogP contribution in [-0.2, 0) is 27.4 Å². The SMILES string of the molecule is COC[C@@H]1CCCN1C[C@@H]1C[C@H](c2ccc(CO)cc2)O[C@H](c2cccc(-c3cccc(CNC(=O)c4ccccc4)c3)c2)O1. The lowest BCUT2D eigenvalue weighted by molar-refractivity contribution is -0.253. The van der Waals surface area contributed by atoms with E-state index in [4.69, 9.17) is 14.2 Å². The zero-order chi connectivity index (χ0) is 31.0. The first kappa shape index (κ1) is 31.1. The van der Waals surface area contributed by atoms with Crippen LogP contribution in [-0.4, -0.2) is 54.9 Å². The van der Waals surface area contributed by atoms with E-state index in [0.29, 0.717) is 18.2 Å². The number of aliphatic hydroxyl groups is 1. The van der Waals surface area contributed by atoms with Gasteiger partial charge in [-0.15, -0.1) is 0 Å². The number of methoxy groups -OCH3 is 1. The second-order valence-electron chi connectivity index (χ2n) is 12.0. The quantitative estimate of drug-likeness (QED) is 0.205. The van der Waals surface area contributed by atoms with Crippen LogP contribution in [0.2, 0.25) is 0 Å². The number of hydrogen-bond acceptors (Lipinski definition) is 6. The predicted octanol–water partition coefficient (Wildman–Crippen LogP) is 6.43. The first-order chi connectivity index (χ1) is 22.1. The van der Waals surface area contributed by atoms with Crippen LogP contribution in [0.4, 0.5) is 0 Å². The van der Waals surface area contributed by atoms with Crippen molar-refractivity contribution in [3.05, 3.63) is 131 Å². The Morgan fingerprint density at radius 1 is 0.889 bits per heavy atom. The molecule has 6 rings (SSSR count). The highest BCUT2D eigenvalue weighted by molar-refractivity contribution is 5.94. The lowest BCUT2D eigenvalue weighted by Gasteiger charge is -2.39. The van der Waals surface area contributed by atoms with Crippen molar-refractivity contribution in [2.75, 3.05) is 26.8 Å². The summed E-state index contributed by atoms with van der Waals surface area (Å²) in [6, 6.07) is 34.3. The molecule has 7 nitrogen and oxygen atoms in total. The van der Waals surface area contributed by atoms with Crippen LogP contribution in [0.3, 0.4) is 0 Å². The summed E-state index contributed by atoms with van der Waals surface area (Å²) in [7, 11) is 1.77. The number of nitrogens with zero attached hydrogens (tertiary/aromatic N) is 1. The van der Waals surface area contributed by atoms with Crippen molar-refractivity contribution in [1.29, 1.82) is 0 Å². The van der Waals surface area contributed by atoms with Gasteiger partial charge in [0.05, 0.1) is 25.4 Å². The highest BCUT2D eigenvalue weighted by Gasteiger charge is 2.35. The van der Waals surface area contributed by atoms with Gasteiger partial charge in [-0.1, -0.05) is 78.9 Å². The molecule has 7 heteroatoms. The van der Waals surface area contributed by atoms with Crippen molar-refractivity contribution in [2.45, 2.75) is 57.0 Å². The van der Waals surface area contributed by atoms with Crippen LogP contribution in [0.1, 0.15) is 64.3 Å². The Bertz CT molecular complexity index is 1540. The van der Waals surface area contributed by atoms with Crippen molar-refractivity contribution in [3.63, 3.8) is 0 Å². The Morgan fingerprint density at radius 3 is 2.44 bits per heavy atom. The van der Waals surface area contributed by atoms with Gasteiger partial charge in [0, 0.05) is 43.8 Å². The first-order valence-electron chi connectivity index (χ1n) is 15.9. The van der Waals surface area contributed by atoms with E-state index >= 15 is 0 Å². The van der Waals surface area contributed by atoms with E-state index in [2.05, 4.69) is 52.7 Å². The minimum atomic E-state index is -0.525. The fourth-order valence-corrected chi connectivity index (χ4v) is 6.41. The van der Waals surface area contributed by atoms with E-state index in [0.717, 1.165) is 65.9 Å². The van der Waals surface area contributed by atoms with Crippen LogP contribution in [0.25, 0.3) is 11.1 Å². The van der Waals surface area contributed by atoms with Gasteiger partial charge in [-0.2, -0.15) is 0 Å². The molecule has 1 amide bonds. The summed E-state index contributed by atoms with van der Waals surface area (Å²) < 4.78 is 18.8. The van der Waals surface area contributed by atoms with E-state index in [1.807, 2.05) is 60.7 Å². The molecule has 4 aromatic carbocycles. The molecule has 0 bridgehead atoms. The van der Waals surface area contributed by atoms with Gasteiger partial charge in [-0.25, -0.2) is 0 Å². The summed E-state index contributed by atoms with van der Waals surface area (Å²) in [6.07, 6.45) is 2.40. The lowest BCUT2D eigenvalue weighted by Crippen LogP contribution is -2.42.